The SMILES string of the molecule is O=c1ncn(-c2cccc(Cl)c2)c2ccccc12. The molecule has 3 nitrogen and oxygen atoms in total. The summed E-state index contributed by atoms with van der Waals surface area (Å²) in [6, 6.07) is 14.8. The maximum atomic E-state index is 11.7. The predicted octanol–water partition coefficient (Wildman–Crippen LogP) is 3.04. The van der Waals surface area contributed by atoms with Gasteiger partial charge >= 0.3 is 0 Å². The van der Waals surface area contributed by atoms with Gasteiger partial charge in [-0.1, -0.05) is 29.8 Å². The van der Waals surface area contributed by atoms with E-state index in [9.17, 15) is 4.79 Å². The zero-order valence-electron chi connectivity index (χ0n) is 9.38. The first-order valence-electron chi connectivity index (χ1n) is 5.48. The molecule has 0 amide bonds. The van der Waals surface area contributed by atoms with Gasteiger partial charge < -0.3 is 4.57 Å². The number of benzene rings is 2. The Bertz CT molecular complexity index is 780. The van der Waals surface area contributed by atoms with Crippen molar-refractivity contribution in [3.8, 4) is 5.69 Å². The number of hydrogen-bond donors (Lipinski definition) is 0. The lowest BCUT2D eigenvalue weighted by Gasteiger charge is -2.09. The Morgan fingerprint density at radius 1 is 1.06 bits per heavy atom. The standard InChI is InChI=1S/C14H9ClN2O/c15-10-4-3-5-11(8-10)17-9-16-14(18)12-6-1-2-7-13(12)17/h1-9H. The van der Waals surface area contributed by atoms with Crippen LogP contribution in [0.25, 0.3) is 16.6 Å². The zero-order chi connectivity index (χ0) is 12.5. The van der Waals surface area contributed by atoms with E-state index in [1.54, 1.807) is 6.07 Å². The number of para-hydroxylation sites is 1. The lowest BCUT2D eigenvalue weighted by atomic mass is 10.2. The van der Waals surface area contributed by atoms with Crippen LogP contribution in [0.15, 0.2) is 59.7 Å². The number of nitrogens with zero attached hydrogens (tertiary/aromatic N) is 2. The fourth-order valence-corrected chi connectivity index (χ4v) is 2.12. The molecule has 0 N–H and O–H groups in total. The third-order valence-electron chi connectivity index (χ3n) is 2.77. The van der Waals surface area contributed by atoms with Crippen molar-refractivity contribution in [1.29, 1.82) is 0 Å². The third kappa shape index (κ3) is 1.79. The summed E-state index contributed by atoms with van der Waals surface area (Å²) >= 11 is 5.98. The van der Waals surface area contributed by atoms with Gasteiger partial charge in [-0.25, -0.2) is 0 Å². The quantitative estimate of drug-likeness (QED) is 0.671. The lowest BCUT2D eigenvalue weighted by molar-refractivity contribution is 1.02. The normalized spacial score (nSPS) is 10.7. The maximum Gasteiger partial charge on any atom is 0.280 e. The molecule has 2 aromatic carbocycles. The predicted molar refractivity (Wildman–Crippen MR) is 72.4 cm³/mol. The fourth-order valence-electron chi connectivity index (χ4n) is 1.94. The fraction of sp³-hybridized carbons (Fsp3) is 0. The highest BCUT2D eigenvalue weighted by molar-refractivity contribution is 6.30. The molecule has 0 saturated heterocycles. The first kappa shape index (κ1) is 11.0. The van der Waals surface area contributed by atoms with Crippen molar-refractivity contribution >= 4 is 22.5 Å². The summed E-state index contributed by atoms with van der Waals surface area (Å²) in [5.41, 5.74) is 1.48. The number of halogens is 1. The topological polar surface area (TPSA) is 34.9 Å². The largest absolute Gasteiger partial charge is 0.300 e. The molecule has 0 aliphatic heterocycles. The van der Waals surface area contributed by atoms with Crippen LogP contribution >= 0.6 is 11.6 Å². The minimum atomic E-state index is -0.219. The molecule has 0 aliphatic carbocycles. The van der Waals surface area contributed by atoms with Gasteiger partial charge in [0.2, 0.25) is 0 Å². The second kappa shape index (κ2) is 4.27. The molecular weight excluding hydrogens is 248 g/mol. The van der Waals surface area contributed by atoms with Gasteiger partial charge in [-0.15, -0.1) is 0 Å². The van der Waals surface area contributed by atoms with Crippen LogP contribution in [-0.2, 0) is 0 Å². The number of aromatic nitrogens is 2. The summed E-state index contributed by atoms with van der Waals surface area (Å²) in [4.78, 5) is 15.6. The zero-order valence-corrected chi connectivity index (χ0v) is 10.1. The average molecular weight is 257 g/mol. The van der Waals surface area contributed by atoms with Crippen LogP contribution in [0.4, 0.5) is 0 Å². The van der Waals surface area contributed by atoms with Crippen molar-refractivity contribution in [2.75, 3.05) is 0 Å². The van der Waals surface area contributed by atoms with Gasteiger partial charge in [0, 0.05) is 10.7 Å². The van der Waals surface area contributed by atoms with Crippen molar-refractivity contribution in [2.45, 2.75) is 0 Å². The van der Waals surface area contributed by atoms with Crippen LogP contribution in [0, 0.1) is 0 Å². The molecule has 4 heteroatoms. The Morgan fingerprint density at radius 3 is 2.72 bits per heavy atom. The van der Waals surface area contributed by atoms with Crippen LogP contribution in [0.2, 0.25) is 5.02 Å². The molecule has 0 atom stereocenters. The van der Waals surface area contributed by atoms with Crippen molar-refractivity contribution in [1.82, 2.24) is 9.55 Å². The van der Waals surface area contributed by atoms with Gasteiger partial charge in [-0.2, -0.15) is 4.98 Å². The Labute approximate surface area is 108 Å². The molecule has 0 saturated carbocycles. The van der Waals surface area contributed by atoms with E-state index >= 15 is 0 Å². The molecule has 0 fully saturated rings. The van der Waals surface area contributed by atoms with Gasteiger partial charge in [0.15, 0.2) is 0 Å². The molecule has 0 unspecified atom stereocenters. The molecule has 0 radical (unpaired) electrons. The van der Waals surface area contributed by atoms with Crippen molar-refractivity contribution in [2.24, 2.45) is 0 Å². The van der Waals surface area contributed by atoms with Crippen LogP contribution < -0.4 is 5.56 Å². The molecule has 1 heterocycles. The van der Waals surface area contributed by atoms with Crippen molar-refractivity contribution < 1.29 is 0 Å². The second-order valence-corrected chi connectivity index (χ2v) is 4.35. The molecule has 3 rings (SSSR count). The van der Waals surface area contributed by atoms with Gasteiger partial charge in [0.05, 0.1) is 10.9 Å². The molecule has 0 bridgehead atoms. The van der Waals surface area contributed by atoms with Crippen LogP contribution in [-0.4, -0.2) is 9.55 Å². The number of rotatable bonds is 1. The first-order chi connectivity index (χ1) is 8.75. The van der Waals surface area contributed by atoms with E-state index in [0.29, 0.717) is 10.4 Å². The molecule has 1 aromatic heterocycles. The number of fused-ring (bicyclic) bond motifs is 1. The molecule has 18 heavy (non-hydrogen) atoms. The lowest BCUT2D eigenvalue weighted by Crippen LogP contribution is -2.11. The van der Waals surface area contributed by atoms with Crippen molar-refractivity contribution in [3.05, 3.63) is 70.2 Å². The summed E-state index contributed by atoms with van der Waals surface area (Å²) in [5.74, 6) is 0. The van der Waals surface area contributed by atoms with Gasteiger partial charge in [0.25, 0.3) is 5.56 Å². The first-order valence-corrected chi connectivity index (χ1v) is 5.86. The molecule has 0 aliphatic rings. The van der Waals surface area contributed by atoms with Crippen LogP contribution in [0.1, 0.15) is 0 Å². The molecular formula is C14H9ClN2O. The Balaban J connectivity index is 2.37. The summed E-state index contributed by atoms with van der Waals surface area (Å²) in [6.45, 7) is 0. The van der Waals surface area contributed by atoms with E-state index in [4.69, 9.17) is 11.6 Å². The summed E-state index contributed by atoms with van der Waals surface area (Å²) in [5, 5.41) is 1.25. The Hall–Kier alpha value is -2.13. The smallest absolute Gasteiger partial charge is 0.280 e. The summed E-state index contributed by atoms with van der Waals surface area (Å²) in [6.07, 6.45) is 1.52. The average Bonchev–Trinajstić information content (AvgIpc) is 2.39. The molecule has 3 aromatic rings. The van der Waals surface area contributed by atoms with Gasteiger partial charge in [-0.3, -0.25) is 4.79 Å². The summed E-state index contributed by atoms with van der Waals surface area (Å²) in [7, 11) is 0. The van der Waals surface area contributed by atoms with E-state index in [0.717, 1.165) is 11.2 Å². The van der Waals surface area contributed by atoms with Gasteiger partial charge in [0.1, 0.15) is 6.33 Å². The minimum Gasteiger partial charge on any atom is -0.300 e. The maximum absolute atomic E-state index is 11.7. The highest BCUT2D eigenvalue weighted by Crippen LogP contribution is 2.18. The Kier molecular flexibility index (Phi) is 2.61. The highest BCUT2D eigenvalue weighted by Gasteiger charge is 2.04. The third-order valence-corrected chi connectivity index (χ3v) is 3.01. The molecule has 88 valence electrons. The number of hydrogen-bond acceptors (Lipinski definition) is 2. The Morgan fingerprint density at radius 2 is 1.89 bits per heavy atom. The van der Waals surface area contributed by atoms with E-state index in [1.165, 1.54) is 6.33 Å². The molecule has 0 spiro atoms. The highest BCUT2D eigenvalue weighted by atomic mass is 35.5. The minimum absolute atomic E-state index is 0.219. The van der Waals surface area contributed by atoms with Crippen LogP contribution in [0.5, 0.6) is 0 Å². The van der Waals surface area contributed by atoms with Crippen LogP contribution in [0.3, 0.4) is 0 Å². The van der Waals surface area contributed by atoms with E-state index in [2.05, 4.69) is 4.98 Å². The monoisotopic (exact) mass is 256 g/mol. The van der Waals surface area contributed by atoms with E-state index in [1.807, 2.05) is 47.0 Å². The van der Waals surface area contributed by atoms with E-state index < -0.39 is 0 Å². The second-order valence-electron chi connectivity index (χ2n) is 3.92. The summed E-state index contributed by atoms with van der Waals surface area (Å²) < 4.78 is 1.85. The van der Waals surface area contributed by atoms with E-state index in [-0.39, 0.29) is 5.56 Å². The van der Waals surface area contributed by atoms with Crippen molar-refractivity contribution in [3.63, 3.8) is 0 Å². The van der Waals surface area contributed by atoms with Gasteiger partial charge in [-0.05, 0) is 30.3 Å².